The van der Waals surface area contributed by atoms with Crippen LogP contribution in [0.25, 0.3) is 10.2 Å². The van der Waals surface area contributed by atoms with Crippen LogP contribution in [0.3, 0.4) is 0 Å². The summed E-state index contributed by atoms with van der Waals surface area (Å²) in [6.45, 7) is 10.4. The maximum Gasteiger partial charge on any atom is 0.204 e. The van der Waals surface area contributed by atoms with E-state index < -0.39 is 10.9 Å². The molecule has 21 heavy (non-hydrogen) atoms. The molecule has 118 valence electrons. The van der Waals surface area contributed by atoms with Crippen molar-refractivity contribution in [3.8, 4) is 0 Å². The molecule has 0 aliphatic heterocycles. The van der Waals surface area contributed by atoms with Crippen LogP contribution >= 0.6 is 11.3 Å². The average molecular weight is 329 g/mol. The lowest BCUT2D eigenvalue weighted by Gasteiger charge is -2.29. The monoisotopic (exact) mass is 328 g/mol. The third-order valence-corrected chi connectivity index (χ3v) is 4.96. The van der Waals surface area contributed by atoms with E-state index in [1.54, 1.807) is 11.3 Å². The molecule has 0 fully saturated rings. The molecule has 0 bridgehead atoms. The second-order valence-electron chi connectivity index (χ2n) is 5.81. The maximum atomic E-state index is 10.7. The molecular weight excluding hydrogens is 304 g/mol. The molecule has 4 nitrogen and oxygen atoms in total. The van der Waals surface area contributed by atoms with E-state index in [4.69, 9.17) is 0 Å². The highest BCUT2D eigenvalue weighted by Crippen LogP contribution is 2.19. The van der Waals surface area contributed by atoms with Crippen molar-refractivity contribution in [1.29, 1.82) is 0 Å². The van der Waals surface area contributed by atoms with Crippen LogP contribution in [-0.2, 0) is 10.9 Å². The highest BCUT2D eigenvalue weighted by molar-refractivity contribution is 7.69. The van der Waals surface area contributed by atoms with Crippen LogP contribution in [0.4, 0.5) is 0 Å². The minimum absolute atomic E-state index is 0.273. The predicted molar refractivity (Wildman–Crippen MR) is 91.4 cm³/mol. The molecule has 0 unspecified atom stereocenters. The van der Waals surface area contributed by atoms with Gasteiger partial charge in [0, 0.05) is 12.1 Å². The second kappa shape index (κ2) is 7.87. The number of thiazole rings is 1. The number of aromatic nitrogens is 1. The molecule has 2 aromatic rings. The summed E-state index contributed by atoms with van der Waals surface area (Å²) < 4.78 is 24.2. The normalized spacial score (nSPS) is 11.8. The van der Waals surface area contributed by atoms with Gasteiger partial charge in [0.25, 0.3) is 0 Å². The van der Waals surface area contributed by atoms with Crippen molar-refractivity contribution in [2.75, 3.05) is 6.54 Å². The zero-order valence-electron chi connectivity index (χ0n) is 13.3. The van der Waals surface area contributed by atoms with E-state index in [2.05, 4.69) is 30.1 Å². The van der Waals surface area contributed by atoms with Gasteiger partial charge < -0.3 is 0 Å². The van der Waals surface area contributed by atoms with Gasteiger partial charge in [-0.05, 0) is 45.7 Å². The molecule has 1 heterocycles. The molecule has 0 saturated heterocycles. The number of aryl methyl sites for hydroxylation is 1. The Kier molecular flexibility index (Phi) is 6.77. The first-order valence-corrected chi connectivity index (χ1v) is 8.99. The van der Waals surface area contributed by atoms with Crippen LogP contribution in [0.1, 0.15) is 39.7 Å². The van der Waals surface area contributed by atoms with E-state index in [-0.39, 0.29) is 5.54 Å². The lowest BCUT2D eigenvalue weighted by Crippen LogP contribution is -2.40. The molecular formula is C15H24N2O2S2. The third kappa shape index (κ3) is 5.37. The molecule has 0 aliphatic rings. The van der Waals surface area contributed by atoms with E-state index >= 15 is 0 Å². The summed E-state index contributed by atoms with van der Waals surface area (Å²) in [4.78, 5) is 4.24. The first-order chi connectivity index (χ1) is 9.77. The summed E-state index contributed by atoms with van der Waals surface area (Å²) in [7, 11) is -2.42. The van der Waals surface area contributed by atoms with Crippen LogP contribution in [0, 0.1) is 6.92 Å². The fraction of sp³-hybridized carbons (Fsp3) is 0.533. The highest BCUT2D eigenvalue weighted by atomic mass is 32.2. The van der Waals surface area contributed by atoms with E-state index in [1.165, 1.54) is 14.6 Å². The summed E-state index contributed by atoms with van der Waals surface area (Å²) in [5, 5.41) is 0. The Labute approximate surface area is 132 Å². The van der Waals surface area contributed by atoms with Gasteiger partial charge >= 0.3 is 0 Å². The fourth-order valence-electron chi connectivity index (χ4n) is 1.90. The Morgan fingerprint density at radius 1 is 1.29 bits per heavy atom. The lowest BCUT2D eigenvalue weighted by atomic mass is 10.1. The van der Waals surface area contributed by atoms with Crippen molar-refractivity contribution in [2.24, 2.45) is 0 Å². The number of nitrogens with zero attached hydrogens (tertiary/aromatic N) is 2. The first kappa shape index (κ1) is 18.1. The van der Waals surface area contributed by atoms with Crippen LogP contribution in [-0.4, -0.2) is 29.8 Å². The van der Waals surface area contributed by atoms with Gasteiger partial charge in [-0.3, -0.25) is 0 Å². The molecule has 0 aliphatic carbocycles. The number of hydrogen-bond acceptors (Lipinski definition) is 4. The van der Waals surface area contributed by atoms with Gasteiger partial charge in [-0.1, -0.05) is 19.1 Å². The average Bonchev–Trinajstić information content (AvgIpc) is 2.84. The summed E-state index contributed by atoms with van der Waals surface area (Å²) in [6, 6.07) is 6.25. The van der Waals surface area contributed by atoms with Gasteiger partial charge in [-0.2, -0.15) is 4.31 Å². The van der Waals surface area contributed by atoms with Crippen LogP contribution in [0.5, 0.6) is 0 Å². The van der Waals surface area contributed by atoms with Crippen molar-refractivity contribution >= 4 is 32.4 Å². The van der Waals surface area contributed by atoms with Gasteiger partial charge in [0.15, 0.2) is 0 Å². The standard InChI is InChI=1S/C8H7NS.C7H17NO2S/c1-6-3-2-4-7-8(6)9-5-10-7;1-5-6-8(11(9)10)7(2,3)4/h2-5H,1H3;11H,5-6H2,1-4H3. The minimum atomic E-state index is -2.42. The van der Waals surface area contributed by atoms with Crippen molar-refractivity contribution < 1.29 is 8.42 Å². The largest absolute Gasteiger partial charge is 0.244 e. The molecule has 0 radical (unpaired) electrons. The predicted octanol–water partition coefficient (Wildman–Crippen LogP) is 3.63. The molecule has 2 rings (SSSR count). The lowest BCUT2D eigenvalue weighted by molar-refractivity contribution is 0.257. The van der Waals surface area contributed by atoms with E-state index in [9.17, 15) is 8.42 Å². The Morgan fingerprint density at radius 3 is 2.38 bits per heavy atom. The molecule has 0 atom stereocenters. The smallest absolute Gasteiger partial charge is 0.204 e. The summed E-state index contributed by atoms with van der Waals surface area (Å²) in [6.07, 6.45) is 0.862. The van der Waals surface area contributed by atoms with E-state index in [0.717, 1.165) is 11.9 Å². The highest BCUT2D eigenvalue weighted by Gasteiger charge is 2.21. The van der Waals surface area contributed by atoms with Crippen molar-refractivity contribution in [3.05, 3.63) is 29.3 Å². The SMILES string of the molecule is CCCN([SH](=O)=O)C(C)(C)C.Cc1cccc2scnc12. The van der Waals surface area contributed by atoms with Crippen LogP contribution < -0.4 is 0 Å². The second-order valence-corrected chi connectivity index (χ2v) is 7.65. The van der Waals surface area contributed by atoms with Gasteiger partial charge in [0.05, 0.1) is 15.7 Å². The third-order valence-electron chi connectivity index (χ3n) is 2.97. The van der Waals surface area contributed by atoms with Crippen LogP contribution in [0.2, 0.25) is 0 Å². The van der Waals surface area contributed by atoms with Crippen LogP contribution in [0.15, 0.2) is 23.7 Å². The minimum Gasteiger partial charge on any atom is -0.244 e. The van der Waals surface area contributed by atoms with Gasteiger partial charge in [0.2, 0.25) is 10.9 Å². The molecule has 1 aromatic carbocycles. The van der Waals surface area contributed by atoms with Gasteiger partial charge in [-0.15, -0.1) is 11.3 Å². The Morgan fingerprint density at radius 2 is 1.95 bits per heavy atom. The number of fused-ring (bicyclic) bond motifs is 1. The topological polar surface area (TPSA) is 50.3 Å². The Bertz CT molecular complexity index is 634. The zero-order chi connectivity index (χ0) is 16.0. The summed E-state index contributed by atoms with van der Waals surface area (Å²) in [5.74, 6) is 0. The molecule has 0 amide bonds. The number of para-hydroxylation sites is 1. The number of hydrogen-bond donors (Lipinski definition) is 1. The number of benzene rings is 1. The fourth-order valence-corrected chi connectivity index (χ4v) is 3.51. The van der Waals surface area contributed by atoms with Crippen molar-refractivity contribution in [3.63, 3.8) is 0 Å². The molecule has 0 N–H and O–H groups in total. The summed E-state index contributed by atoms with van der Waals surface area (Å²) in [5.41, 5.74) is 4.02. The Hall–Kier alpha value is -0.980. The maximum absolute atomic E-state index is 10.7. The van der Waals surface area contributed by atoms with Gasteiger partial charge in [-0.25, -0.2) is 13.4 Å². The van der Waals surface area contributed by atoms with E-state index in [1.807, 2.05) is 33.2 Å². The van der Waals surface area contributed by atoms with Crippen molar-refractivity contribution in [2.45, 2.75) is 46.6 Å². The summed E-state index contributed by atoms with van der Waals surface area (Å²) >= 11 is 1.69. The molecule has 6 heteroatoms. The number of thiol groups is 1. The first-order valence-electron chi connectivity index (χ1n) is 6.98. The molecule has 1 aromatic heterocycles. The Balaban J connectivity index is 0.000000210. The van der Waals surface area contributed by atoms with E-state index in [0.29, 0.717) is 6.54 Å². The number of rotatable bonds is 3. The van der Waals surface area contributed by atoms with Gasteiger partial charge in [0.1, 0.15) is 0 Å². The zero-order valence-corrected chi connectivity index (χ0v) is 15.0. The van der Waals surface area contributed by atoms with Crippen molar-refractivity contribution in [1.82, 2.24) is 9.29 Å². The molecule has 0 saturated carbocycles. The molecule has 0 spiro atoms. The quantitative estimate of drug-likeness (QED) is 0.875.